The molecular formula is C12H14N2O2. The zero-order valence-electron chi connectivity index (χ0n) is 8.90. The molecule has 0 saturated heterocycles. The third-order valence-electron chi connectivity index (χ3n) is 2.69. The van der Waals surface area contributed by atoms with E-state index in [1.54, 1.807) is 0 Å². The molecule has 2 rings (SSSR count). The molecule has 1 aromatic carbocycles. The van der Waals surface area contributed by atoms with Crippen LogP contribution in [0.1, 0.15) is 12.0 Å². The van der Waals surface area contributed by atoms with Crippen LogP contribution >= 0.6 is 0 Å². The van der Waals surface area contributed by atoms with Crippen LogP contribution < -0.4 is 10.6 Å². The highest BCUT2D eigenvalue weighted by Crippen LogP contribution is 2.07. The van der Waals surface area contributed by atoms with Crippen molar-refractivity contribution in [1.82, 2.24) is 0 Å². The summed E-state index contributed by atoms with van der Waals surface area (Å²) in [5, 5.41) is 27.4. The van der Waals surface area contributed by atoms with E-state index in [9.17, 15) is 0 Å². The molecule has 0 unspecified atom stereocenters. The van der Waals surface area contributed by atoms with Crippen molar-refractivity contribution in [1.29, 1.82) is 5.41 Å². The Morgan fingerprint density at radius 2 is 1.88 bits per heavy atom. The van der Waals surface area contributed by atoms with E-state index in [0.717, 1.165) is 21.7 Å². The molecule has 3 N–H and O–H groups in total. The van der Waals surface area contributed by atoms with Gasteiger partial charge in [-0.1, -0.05) is 12.1 Å². The van der Waals surface area contributed by atoms with Gasteiger partial charge in [-0.25, -0.2) is 4.99 Å². The first kappa shape index (κ1) is 11.0. The molecule has 0 saturated carbocycles. The average molecular weight is 218 g/mol. The Bertz CT molecular complexity index is 534. The summed E-state index contributed by atoms with van der Waals surface area (Å²) in [7, 11) is 0. The van der Waals surface area contributed by atoms with Crippen molar-refractivity contribution in [2.75, 3.05) is 13.2 Å². The number of benzene rings is 1. The third-order valence-corrected chi connectivity index (χ3v) is 2.69. The molecular weight excluding hydrogens is 204 g/mol. The maximum atomic E-state index is 8.99. The first-order valence-corrected chi connectivity index (χ1v) is 5.28. The van der Waals surface area contributed by atoms with Gasteiger partial charge in [-0.15, -0.1) is 0 Å². The van der Waals surface area contributed by atoms with Crippen molar-refractivity contribution in [2.24, 2.45) is 4.99 Å². The van der Waals surface area contributed by atoms with Crippen LogP contribution in [0, 0.1) is 5.41 Å². The minimum Gasteiger partial charge on any atom is -0.396 e. The van der Waals surface area contributed by atoms with E-state index >= 15 is 0 Å². The standard InChI is InChI=1S/C12H14N2O2/c13-12-9(5-7-16)11-8(4-6-15)2-1-3-10(11)14-12/h1-3,13,15-16H,4-7H2. The number of amidine groups is 1. The monoisotopic (exact) mass is 218 g/mol. The molecule has 4 heteroatoms. The molecule has 84 valence electrons. The van der Waals surface area contributed by atoms with Gasteiger partial charge in [0.25, 0.3) is 0 Å². The number of hydrogen-bond acceptors (Lipinski definition) is 3. The van der Waals surface area contributed by atoms with Gasteiger partial charge in [-0.2, -0.15) is 0 Å². The number of rotatable bonds is 4. The molecule has 1 heterocycles. The number of fused-ring (bicyclic) bond motifs is 1. The number of hydrogen-bond donors (Lipinski definition) is 3. The van der Waals surface area contributed by atoms with Gasteiger partial charge in [-0.3, -0.25) is 5.41 Å². The predicted molar refractivity (Wildman–Crippen MR) is 60.9 cm³/mol. The molecule has 0 atom stereocenters. The lowest BCUT2D eigenvalue weighted by Crippen LogP contribution is -2.28. The van der Waals surface area contributed by atoms with Crippen molar-refractivity contribution in [2.45, 2.75) is 12.8 Å². The molecule has 16 heavy (non-hydrogen) atoms. The fraction of sp³-hybridized carbons (Fsp3) is 0.333. The van der Waals surface area contributed by atoms with Crippen molar-refractivity contribution in [3.63, 3.8) is 0 Å². The van der Waals surface area contributed by atoms with Crippen LogP contribution in [0.15, 0.2) is 23.2 Å². The number of aliphatic hydroxyl groups excluding tert-OH is 2. The van der Waals surface area contributed by atoms with Gasteiger partial charge in [0.2, 0.25) is 0 Å². The van der Waals surface area contributed by atoms with Crippen LogP contribution in [-0.2, 0) is 6.42 Å². The van der Waals surface area contributed by atoms with E-state index in [-0.39, 0.29) is 19.0 Å². The topological polar surface area (TPSA) is 76.7 Å². The number of aliphatic hydroxyl groups is 2. The maximum absolute atomic E-state index is 8.99. The zero-order chi connectivity index (χ0) is 11.5. The summed E-state index contributed by atoms with van der Waals surface area (Å²) in [5.74, 6) is 0.231. The van der Waals surface area contributed by atoms with E-state index < -0.39 is 0 Å². The fourth-order valence-electron chi connectivity index (χ4n) is 2.02. The van der Waals surface area contributed by atoms with Crippen molar-refractivity contribution < 1.29 is 10.2 Å². The molecule has 4 nitrogen and oxygen atoms in total. The van der Waals surface area contributed by atoms with E-state index in [1.807, 2.05) is 18.2 Å². The minimum absolute atomic E-state index is 0.0140. The highest BCUT2D eigenvalue weighted by molar-refractivity contribution is 6.17. The third kappa shape index (κ3) is 1.77. The van der Waals surface area contributed by atoms with Gasteiger partial charge >= 0.3 is 0 Å². The summed E-state index contributed by atoms with van der Waals surface area (Å²) in [6, 6.07) is 5.66. The fourth-order valence-corrected chi connectivity index (χ4v) is 2.02. The number of nitrogens with zero attached hydrogens (tertiary/aromatic N) is 1. The molecule has 0 spiro atoms. The summed E-state index contributed by atoms with van der Waals surface area (Å²) in [4.78, 5) is 4.15. The van der Waals surface area contributed by atoms with Crippen molar-refractivity contribution >= 4 is 11.4 Å². The summed E-state index contributed by atoms with van der Waals surface area (Å²) in [6.45, 7) is 0.0936. The van der Waals surface area contributed by atoms with Gasteiger partial charge in [0.05, 0.1) is 5.36 Å². The van der Waals surface area contributed by atoms with Gasteiger partial charge < -0.3 is 10.2 Å². The van der Waals surface area contributed by atoms with E-state index in [4.69, 9.17) is 15.6 Å². The Labute approximate surface area is 93.1 Å². The second-order valence-electron chi connectivity index (χ2n) is 3.70. The minimum atomic E-state index is 0.0140. The Balaban J connectivity index is 2.67. The van der Waals surface area contributed by atoms with Crippen LogP contribution in [-0.4, -0.2) is 29.3 Å². The molecule has 1 aliphatic rings. The summed E-state index contributed by atoms with van der Waals surface area (Å²) < 4.78 is 0. The first-order chi connectivity index (χ1) is 7.77. The lowest BCUT2D eigenvalue weighted by Gasteiger charge is -2.02. The normalized spacial score (nSPS) is 13.9. The van der Waals surface area contributed by atoms with Crippen LogP contribution in [0.25, 0.3) is 5.57 Å². The molecule has 0 amide bonds. The summed E-state index contributed by atoms with van der Waals surface area (Å²) in [5.41, 5.74) is 1.77. The van der Waals surface area contributed by atoms with Gasteiger partial charge in [-0.05, 0) is 24.5 Å². The first-order valence-electron chi connectivity index (χ1n) is 5.28. The van der Waals surface area contributed by atoms with Crippen LogP contribution in [0.4, 0.5) is 0 Å². The Morgan fingerprint density at radius 1 is 1.12 bits per heavy atom. The molecule has 0 radical (unpaired) electrons. The second-order valence-corrected chi connectivity index (χ2v) is 3.70. The van der Waals surface area contributed by atoms with E-state index in [2.05, 4.69) is 4.99 Å². The van der Waals surface area contributed by atoms with Crippen LogP contribution in [0.3, 0.4) is 0 Å². The molecule has 1 aromatic rings. The second kappa shape index (κ2) is 4.55. The van der Waals surface area contributed by atoms with Gasteiger partial charge in [0, 0.05) is 24.0 Å². The van der Waals surface area contributed by atoms with E-state index in [0.29, 0.717) is 12.8 Å². The lowest BCUT2D eigenvalue weighted by molar-refractivity contribution is 0.299. The quantitative estimate of drug-likeness (QED) is 0.629. The zero-order valence-corrected chi connectivity index (χ0v) is 8.90. The molecule has 0 aromatic heterocycles. The number of nitrogens with one attached hydrogen (secondary N) is 1. The maximum Gasteiger partial charge on any atom is 0.149 e. The van der Waals surface area contributed by atoms with Gasteiger partial charge in [0.15, 0.2) is 0 Å². The SMILES string of the molecule is N=C1N=c2cccc(CCO)c2=C1CCO. The van der Waals surface area contributed by atoms with Gasteiger partial charge in [0.1, 0.15) is 5.84 Å². The molecule has 0 fully saturated rings. The Morgan fingerprint density at radius 3 is 2.56 bits per heavy atom. The predicted octanol–water partition coefficient (Wildman–Crippen LogP) is -0.635. The highest BCUT2D eigenvalue weighted by Gasteiger charge is 2.14. The van der Waals surface area contributed by atoms with E-state index in [1.165, 1.54) is 0 Å². The molecule has 0 aliphatic carbocycles. The van der Waals surface area contributed by atoms with Crippen LogP contribution in [0.2, 0.25) is 0 Å². The summed E-state index contributed by atoms with van der Waals surface area (Å²) >= 11 is 0. The van der Waals surface area contributed by atoms with Crippen molar-refractivity contribution in [3.8, 4) is 0 Å². The summed E-state index contributed by atoms with van der Waals surface area (Å²) in [6.07, 6.45) is 0.999. The lowest BCUT2D eigenvalue weighted by atomic mass is 10.0. The molecule has 1 aliphatic heterocycles. The Hall–Kier alpha value is -1.52. The smallest absolute Gasteiger partial charge is 0.149 e. The van der Waals surface area contributed by atoms with Crippen molar-refractivity contribution in [3.05, 3.63) is 34.3 Å². The van der Waals surface area contributed by atoms with Crippen LogP contribution in [0.5, 0.6) is 0 Å². The largest absolute Gasteiger partial charge is 0.396 e. The highest BCUT2D eigenvalue weighted by atomic mass is 16.3. The molecule has 0 bridgehead atoms. The Kier molecular flexibility index (Phi) is 3.12. The average Bonchev–Trinajstić information content (AvgIpc) is 2.58.